The minimum Gasteiger partial charge on any atom is -0.492 e. The van der Waals surface area contributed by atoms with Crippen LogP contribution in [0.1, 0.15) is 11.1 Å². The minimum absolute atomic E-state index is 0.0118. The lowest BCUT2D eigenvalue weighted by molar-refractivity contribution is 0.191. The Balaban J connectivity index is 1.41. The van der Waals surface area contributed by atoms with Gasteiger partial charge in [-0.2, -0.15) is 0 Å². The van der Waals surface area contributed by atoms with E-state index in [9.17, 15) is 4.79 Å². The molecule has 0 unspecified atom stereocenters. The number of rotatable bonds is 5. The molecule has 1 aliphatic heterocycles. The standard InChI is InChI=1S/C21H27N3O2/c1-17-7-6-10-20(18(17)2)23-12-14-24(15-13-23)21(25)22-11-16-26-19-8-4-3-5-9-19/h3-10H,11-16H2,1-2H3,(H,22,25). The van der Waals surface area contributed by atoms with Crippen LogP contribution >= 0.6 is 0 Å². The smallest absolute Gasteiger partial charge is 0.317 e. The molecule has 0 spiro atoms. The van der Waals surface area contributed by atoms with Crippen LogP contribution in [0.3, 0.4) is 0 Å². The van der Waals surface area contributed by atoms with E-state index in [1.807, 2.05) is 35.2 Å². The van der Waals surface area contributed by atoms with Gasteiger partial charge >= 0.3 is 6.03 Å². The maximum Gasteiger partial charge on any atom is 0.317 e. The Kier molecular flexibility index (Phi) is 6.00. The molecule has 26 heavy (non-hydrogen) atoms. The molecule has 0 bridgehead atoms. The number of hydrogen-bond acceptors (Lipinski definition) is 3. The Morgan fingerprint density at radius 3 is 2.46 bits per heavy atom. The van der Waals surface area contributed by atoms with Gasteiger partial charge in [0.15, 0.2) is 0 Å². The number of carbonyl (C=O) groups excluding carboxylic acids is 1. The SMILES string of the molecule is Cc1cccc(N2CCN(C(=O)NCCOc3ccccc3)CC2)c1C. The van der Waals surface area contributed by atoms with E-state index in [1.165, 1.54) is 16.8 Å². The Hall–Kier alpha value is -2.69. The molecule has 1 aliphatic rings. The number of benzene rings is 2. The van der Waals surface area contributed by atoms with E-state index in [-0.39, 0.29) is 6.03 Å². The number of anilines is 1. The van der Waals surface area contributed by atoms with Crippen molar-refractivity contribution < 1.29 is 9.53 Å². The van der Waals surface area contributed by atoms with Gasteiger partial charge in [0.25, 0.3) is 0 Å². The van der Waals surface area contributed by atoms with Crippen molar-refractivity contribution in [1.29, 1.82) is 0 Å². The molecule has 2 aromatic carbocycles. The number of nitrogens with zero attached hydrogens (tertiary/aromatic N) is 2. The first-order valence-corrected chi connectivity index (χ1v) is 9.17. The Morgan fingerprint density at radius 1 is 1.00 bits per heavy atom. The lowest BCUT2D eigenvalue weighted by Gasteiger charge is -2.37. The number of nitrogens with one attached hydrogen (secondary N) is 1. The van der Waals surface area contributed by atoms with Crippen molar-refractivity contribution >= 4 is 11.7 Å². The first-order valence-electron chi connectivity index (χ1n) is 9.17. The van der Waals surface area contributed by atoms with Gasteiger partial charge in [0.05, 0.1) is 6.54 Å². The average Bonchev–Trinajstić information content (AvgIpc) is 2.68. The lowest BCUT2D eigenvalue weighted by atomic mass is 10.1. The third-order valence-electron chi connectivity index (χ3n) is 4.87. The van der Waals surface area contributed by atoms with Gasteiger partial charge in [-0.3, -0.25) is 0 Å². The molecule has 1 N–H and O–H groups in total. The van der Waals surface area contributed by atoms with E-state index in [1.54, 1.807) is 0 Å². The van der Waals surface area contributed by atoms with Gasteiger partial charge in [0.1, 0.15) is 12.4 Å². The maximum atomic E-state index is 12.3. The molecule has 138 valence electrons. The van der Waals surface area contributed by atoms with E-state index in [2.05, 4.69) is 42.3 Å². The fourth-order valence-electron chi connectivity index (χ4n) is 3.18. The number of urea groups is 1. The molecule has 0 saturated carbocycles. The van der Waals surface area contributed by atoms with Gasteiger partial charge in [-0.25, -0.2) is 4.79 Å². The summed E-state index contributed by atoms with van der Waals surface area (Å²) in [4.78, 5) is 16.6. The van der Waals surface area contributed by atoms with Crippen molar-refractivity contribution in [1.82, 2.24) is 10.2 Å². The van der Waals surface area contributed by atoms with Crippen LogP contribution in [-0.4, -0.2) is 50.3 Å². The quantitative estimate of drug-likeness (QED) is 0.840. The normalized spacial score (nSPS) is 14.2. The number of hydrogen-bond donors (Lipinski definition) is 1. The van der Waals surface area contributed by atoms with E-state index in [4.69, 9.17) is 4.74 Å². The van der Waals surface area contributed by atoms with Crippen LogP contribution in [0.15, 0.2) is 48.5 Å². The zero-order chi connectivity index (χ0) is 18.4. The number of ether oxygens (including phenoxy) is 1. The highest BCUT2D eigenvalue weighted by Crippen LogP contribution is 2.23. The van der Waals surface area contributed by atoms with Crippen LogP contribution in [0.2, 0.25) is 0 Å². The molecule has 0 aromatic heterocycles. The Labute approximate surface area is 155 Å². The summed E-state index contributed by atoms with van der Waals surface area (Å²) < 4.78 is 5.60. The van der Waals surface area contributed by atoms with Crippen LogP contribution in [0, 0.1) is 13.8 Å². The number of carbonyl (C=O) groups is 1. The van der Waals surface area contributed by atoms with Crippen LogP contribution in [0.5, 0.6) is 5.75 Å². The highest BCUT2D eigenvalue weighted by Gasteiger charge is 2.22. The van der Waals surface area contributed by atoms with Gasteiger partial charge in [-0.1, -0.05) is 30.3 Å². The van der Waals surface area contributed by atoms with Gasteiger partial charge in [-0.05, 0) is 43.2 Å². The molecule has 1 heterocycles. The van der Waals surface area contributed by atoms with Crippen LogP contribution in [0.25, 0.3) is 0 Å². The van der Waals surface area contributed by atoms with Crippen molar-refractivity contribution in [2.24, 2.45) is 0 Å². The summed E-state index contributed by atoms with van der Waals surface area (Å²) in [5.41, 5.74) is 3.91. The van der Waals surface area contributed by atoms with Crippen LogP contribution in [0.4, 0.5) is 10.5 Å². The molecular formula is C21H27N3O2. The van der Waals surface area contributed by atoms with Crippen LogP contribution < -0.4 is 15.0 Å². The van der Waals surface area contributed by atoms with E-state index in [0.717, 1.165) is 31.9 Å². The molecule has 0 aliphatic carbocycles. The van der Waals surface area contributed by atoms with Gasteiger partial charge in [0, 0.05) is 31.9 Å². The maximum absolute atomic E-state index is 12.3. The fourth-order valence-corrected chi connectivity index (χ4v) is 3.18. The topological polar surface area (TPSA) is 44.8 Å². The molecule has 2 amide bonds. The first kappa shape index (κ1) is 18.1. The second kappa shape index (κ2) is 8.61. The second-order valence-electron chi connectivity index (χ2n) is 6.59. The second-order valence-corrected chi connectivity index (χ2v) is 6.59. The molecular weight excluding hydrogens is 326 g/mol. The molecule has 0 atom stereocenters. The monoisotopic (exact) mass is 353 g/mol. The summed E-state index contributed by atoms with van der Waals surface area (Å²) >= 11 is 0. The van der Waals surface area contributed by atoms with Crippen molar-refractivity contribution in [2.75, 3.05) is 44.2 Å². The van der Waals surface area contributed by atoms with Gasteiger partial charge in [0.2, 0.25) is 0 Å². The third kappa shape index (κ3) is 4.48. The fraction of sp³-hybridized carbons (Fsp3) is 0.381. The zero-order valence-electron chi connectivity index (χ0n) is 15.6. The number of para-hydroxylation sites is 1. The van der Waals surface area contributed by atoms with Crippen molar-refractivity contribution in [3.8, 4) is 5.75 Å². The summed E-state index contributed by atoms with van der Waals surface area (Å²) in [7, 11) is 0. The molecule has 0 radical (unpaired) electrons. The van der Waals surface area contributed by atoms with Crippen LogP contribution in [-0.2, 0) is 0 Å². The predicted octanol–water partition coefficient (Wildman–Crippen LogP) is 3.21. The lowest BCUT2D eigenvalue weighted by Crippen LogP contribution is -2.52. The highest BCUT2D eigenvalue weighted by atomic mass is 16.5. The van der Waals surface area contributed by atoms with E-state index in [0.29, 0.717) is 13.2 Å². The summed E-state index contributed by atoms with van der Waals surface area (Å²) in [6.45, 7) is 8.47. The van der Waals surface area contributed by atoms with Gasteiger partial charge < -0.3 is 19.9 Å². The highest BCUT2D eigenvalue weighted by molar-refractivity contribution is 5.74. The van der Waals surface area contributed by atoms with Crippen molar-refractivity contribution in [3.05, 3.63) is 59.7 Å². The minimum atomic E-state index is -0.0118. The average molecular weight is 353 g/mol. The molecule has 1 fully saturated rings. The van der Waals surface area contributed by atoms with E-state index < -0.39 is 0 Å². The zero-order valence-corrected chi connectivity index (χ0v) is 15.6. The molecule has 2 aromatic rings. The number of amides is 2. The summed E-state index contributed by atoms with van der Waals surface area (Å²) in [6, 6.07) is 16.0. The Bertz CT molecular complexity index is 725. The summed E-state index contributed by atoms with van der Waals surface area (Å²) in [6.07, 6.45) is 0. The molecule has 5 nitrogen and oxygen atoms in total. The predicted molar refractivity (Wildman–Crippen MR) is 105 cm³/mol. The molecule has 1 saturated heterocycles. The number of aryl methyl sites for hydroxylation is 1. The summed E-state index contributed by atoms with van der Waals surface area (Å²) in [5, 5.41) is 2.94. The first-order chi connectivity index (χ1) is 12.6. The largest absolute Gasteiger partial charge is 0.492 e. The third-order valence-corrected chi connectivity index (χ3v) is 4.87. The molecule has 5 heteroatoms. The molecule has 3 rings (SSSR count). The van der Waals surface area contributed by atoms with Crippen molar-refractivity contribution in [2.45, 2.75) is 13.8 Å². The Morgan fingerprint density at radius 2 is 1.73 bits per heavy atom. The summed E-state index contributed by atoms with van der Waals surface area (Å²) in [5.74, 6) is 0.823. The van der Waals surface area contributed by atoms with Crippen molar-refractivity contribution in [3.63, 3.8) is 0 Å². The van der Waals surface area contributed by atoms with Gasteiger partial charge in [-0.15, -0.1) is 0 Å². The number of piperazine rings is 1. The van der Waals surface area contributed by atoms with E-state index >= 15 is 0 Å².